The van der Waals surface area contributed by atoms with Crippen molar-refractivity contribution in [1.82, 2.24) is 9.80 Å². The molecule has 1 aliphatic rings. The predicted molar refractivity (Wildman–Crippen MR) is 79.8 cm³/mol. The molecule has 0 aromatic carbocycles. The first kappa shape index (κ1) is 15.9. The van der Waals surface area contributed by atoms with Crippen molar-refractivity contribution in [3.63, 3.8) is 0 Å². The molecular weight excluding hydrogens is 222 g/mol. The third kappa shape index (κ3) is 6.72. The van der Waals surface area contributed by atoms with E-state index in [0.29, 0.717) is 11.3 Å². The molecule has 2 N–H and O–H groups in total. The first-order valence-electron chi connectivity index (χ1n) is 7.55. The van der Waals surface area contributed by atoms with Gasteiger partial charge in [-0.15, -0.1) is 0 Å². The third-order valence-electron chi connectivity index (χ3n) is 3.83. The zero-order chi connectivity index (χ0) is 13.6. The van der Waals surface area contributed by atoms with Gasteiger partial charge in [0.1, 0.15) is 0 Å². The van der Waals surface area contributed by atoms with E-state index in [1.807, 2.05) is 0 Å². The summed E-state index contributed by atoms with van der Waals surface area (Å²) in [6.45, 7) is 17.4. The molecule has 3 nitrogen and oxygen atoms in total. The largest absolute Gasteiger partial charge is 0.330 e. The van der Waals surface area contributed by atoms with E-state index in [9.17, 15) is 0 Å². The molecule has 0 amide bonds. The van der Waals surface area contributed by atoms with Crippen molar-refractivity contribution in [1.29, 1.82) is 0 Å². The normalized spacial score (nSPS) is 21.8. The van der Waals surface area contributed by atoms with Crippen LogP contribution in [0.4, 0.5) is 0 Å². The molecule has 0 saturated carbocycles. The van der Waals surface area contributed by atoms with Gasteiger partial charge in [-0.05, 0) is 50.4 Å². The van der Waals surface area contributed by atoms with E-state index >= 15 is 0 Å². The molecule has 1 rings (SSSR count). The molecular formula is C15H33N3. The van der Waals surface area contributed by atoms with Crippen molar-refractivity contribution in [3.8, 4) is 0 Å². The van der Waals surface area contributed by atoms with Gasteiger partial charge >= 0.3 is 0 Å². The molecule has 0 radical (unpaired) electrons. The van der Waals surface area contributed by atoms with Crippen LogP contribution >= 0.6 is 0 Å². The molecule has 18 heavy (non-hydrogen) atoms. The van der Waals surface area contributed by atoms with Gasteiger partial charge in [0.15, 0.2) is 0 Å². The van der Waals surface area contributed by atoms with Gasteiger partial charge in [-0.25, -0.2) is 0 Å². The summed E-state index contributed by atoms with van der Waals surface area (Å²) in [6, 6.07) is 0. The fourth-order valence-electron chi connectivity index (χ4n) is 2.44. The molecule has 1 atom stereocenters. The summed E-state index contributed by atoms with van der Waals surface area (Å²) in [5.41, 5.74) is 6.17. The predicted octanol–water partition coefficient (Wildman–Crippen LogP) is 2.03. The van der Waals surface area contributed by atoms with Gasteiger partial charge in [-0.1, -0.05) is 27.7 Å². The average molecular weight is 255 g/mol. The minimum absolute atomic E-state index is 0.458. The maximum atomic E-state index is 5.71. The van der Waals surface area contributed by atoms with Gasteiger partial charge in [0.25, 0.3) is 0 Å². The maximum Gasteiger partial charge on any atom is 0.0109 e. The monoisotopic (exact) mass is 255 g/mol. The fraction of sp³-hybridized carbons (Fsp3) is 1.00. The van der Waals surface area contributed by atoms with Crippen molar-refractivity contribution >= 4 is 0 Å². The van der Waals surface area contributed by atoms with Crippen molar-refractivity contribution in [2.75, 3.05) is 45.8 Å². The summed E-state index contributed by atoms with van der Waals surface area (Å²) < 4.78 is 0. The summed E-state index contributed by atoms with van der Waals surface area (Å²) in [5.74, 6) is 0.631. The van der Waals surface area contributed by atoms with Crippen LogP contribution in [0.25, 0.3) is 0 Å². The molecule has 0 spiro atoms. The first-order valence-corrected chi connectivity index (χ1v) is 7.55. The van der Waals surface area contributed by atoms with Gasteiger partial charge in [-0.2, -0.15) is 0 Å². The first-order chi connectivity index (χ1) is 8.40. The molecule has 1 unspecified atom stereocenters. The number of nitrogens with two attached hydrogens (primary N) is 1. The lowest BCUT2D eigenvalue weighted by atomic mass is 9.92. The Morgan fingerprint density at radius 2 is 1.67 bits per heavy atom. The lowest BCUT2D eigenvalue weighted by Gasteiger charge is -2.26. The zero-order valence-corrected chi connectivity index (χ0v) is 12.9. The number of rotatable bonds is 5. The summed E-state index contributed by atoms with van der Waals surface area (Å²) in [6.07, 6.45) is 2.60. The Morgan fingerprint density at radius 3 is 2.28 bits per heavy atom. The van der Waals surface area contributed by atoms with Crippen LogP contribution in [0.1, 0.15) is 40.5 Å². The van der Waals surface area contributed by atoms with E-state index in [-0.39, 0.29) is 0 Å². The minimum atomic E-state index is 0.458. The van der Waals surface area contributed by atoms with Gasteiger partial charge in [0.2, 0.25) is 0 Å². The van der Waals surface area contributed by atoms with Crippen LogP contribution in [0.15, 0.2) is 0 Å². The molecule has 108 valence electrons. The van der Waals surface area contributed by atoms with Gasteiger partial charge in [-0.3, -0.25) is 0 Å². The van der Waals surface area contributed by atoms with Crippen LogP contribution < -0.4 is 5.73 Å². The molecule has 1 heterocycles. The lowest BCUT2D eigenvalue weighted by molar-refractivity contribution is 0.216. The fourth-order valence-corrected chi connectivity index (χ4v) is 2.44. The number of hydrogen-bond acceptors (Lipinski definition) is 3. The van der Waals surface area contributed by atoms with Crippen LogP contribution in [0, 0.1) is 11.3 Å². The Bertz CT molecular complexity index is 222. The highest BCUT2D eigenvalue weighted by atomic mass is 15.2. The van der Waals surface area contributed by atoms with Crippen molar-refractivity contribution in [2.45, 2.75) is 40.5 Å². The molecule has 1 aliphatic heterocycles. The standard InChI is InChI=1S/C15H33N3/c1-14(12-16)13-18-8-5-7-17(10-11-18)9-6-15(2,3)4/h14H,5-13,16H2,1-4H3. The Balaban J connectivity index is 2.28. The Morgan fingerprint density at radius 1 is 1.06 bits per heavy atom. The topological polar surface area (TPSA) is 32.5 Å². The molecule has 1 saturated heterocycles. The van der Waals surface area contributed by atoms with Crippen molar-refractivity contribution in [2.24, 2.45) is 17.1 Å². The Labute approximate surface area is 114 Å². The second-order valence-electron chi connectivity index (χ2n) is 7.15. The molecule has 0 aromatic rings. The quantitative estimate of drug-likeness (QED) is 0.816. The number of hydrogen-bond donors (Lipinski definition) is 1. The molecule has 0 bridgehead atoms. The molecule has 1 fully saturated rings. The van der Waals surface area contributed by atoms with Gasteiger partial charge in [0.05, 0.1) is 0 Å². The minimum Gasteiger partial charge on any atom is -0.330 e. The third-order valence-corrected chi connectivity index (χ3v) is 3.83. The van der Waals surface area contributed by atoms with Crippen molar-refractivity contribution in [3.05, 3.63) is 0 Å². The van der Waals surface area contributed by atoms with Crippen LogP contribution in [-0.2, 0) is 0 Å². The highest BCUT2D eigenvalue weighted by Crippen LogP contribution is 2.19. The number of nitrogens with zero attached hydrogens (tertiary/aromatic N) is 2. The van der Waals surface area contributed by atoms with Gasteiger partial charge < -0.3 is 15.5 Å². The van der Waals surface area contributed by atoms with E-state index in [2.05, 4.69) is 37.5 Å². The van der Waals surface area contributed by atoms with E-state index in [4.69, 9.17) is 5.73 Å². The molecule has 0 aliphatic carbocycles. The van der Waals surface area contributed by atoms with E-state index in [0.717, 1.165) is 6.54 Å². The summed E-state index contributed by atoms with van der Waals surface area (Å²) in [4.78, 5) is 5.23. The van der Waals surface area contributed by atoms with Crippen LogP contribution in [0.3, 0.4) is 0 Å². The summed E-state index contributed by atoms with van der Waals surface area (Å²) in [5, 5.41) is 0. The highest BCUT2D eigenvalue weighted by Gasteiger charge is 2.18. The van der Waals surface area contributed by atoms with Crippen molar-refractivity contribution < 1.29 is 0 Å². The maximum absolute atomic E-state index is 5.71. The van der Waals surface area contributed by atoms with Crippen LogP contribution in [0.2, 0.25) is 0 Å². The van der Waals surface area contributed by atoms with E-state index < -0.39 is 0 Å². The van der Waals surface area contributed by atoms with Crippen LogP contribution in [0.5, 0.6) is 0 Å². The van der Waals surface area contributed by atoms with Crippen LogP contribution in [-0.4, -0.2) is 55.6 Å². The molecule has 0 aromatic heterocycles. The smallest absolute Gasteiger partial charge is 0.0109 e. The Hall–Kier alpha value is -0.120. The highest BCUT2D eigenvalue weighted by molar-refractivity contribution is 4.73. The lowest BCUT2D eigenvalue weighted by Crippen LogP contribution is -2.35. The summed E-state index contributed by atoms with van der Waals surface area (Å²) >= 11 is 0. The second-order valence-corrected chi connectivity index (χ2v) is 7.15. The van der Waals surface area contributed by atoms with E-state index in [1.54, 1.807) is 0 Å². The molecule has 3 heteroatoms. The zero-order valence-electron chi connectivity index (χ0n) is 12.9. The average Bonchev–Trinajstić information content (AvgIpc) is 2.51. The Kier molecular flexibility index (Phi) is 6.61. The van der Waals surface area contributed by atoms with E-state index in [1.165, 1.54) is 52.1 Å². The SMILES string of the molecule is CC(CN)CN1CCCN(CCC(C)(C)C)CC1. The van der Waals surface area contributed by atoms with Gasteiger partial charge in [0, 0.05) is 19.6 Å². The second kappa shape index (κ2) is 7.46. The summed E-state index contributed by atoms with van der Waals surface area (Å²) in [7, 11) is 0.